The summed E-state index contributed by atoms with van der Waals surface area (Å²) in [4.78, 5) is 24.8. The summed E-state index contributed by atoms with van der Waals surface area (Å²) < 4.78 is 5.22. The molecule has 0 atom stereocenters. The minimum absolute atomic E-state index is 0.0892. The number of rotatable bonds is 2. The molecule has 1 N–H and O–H groups in total. The van der Waals surface area contributed by atoms with E-state index in [0.717, 1.165) is 19.4 Å². The summed E-state index contributed by atoms with van der Waals surface area (Å²) in [5.41, 5.74) is 0.0892. The molecule has 0 aromatic rings. The van der Waals surface area contributed by atoms with Crippen LogP contribution in [0.4, 0.5) is 4.79 Å². The number of piperidine rings is 1. The molecule has 2 heterocycles. The zero-order chi connectivity index (χ0) is 13.2. The van der Waals surface area contributed by atoms with E-state index in [1.165, 1.54) is 0 Å². The number of hydrogen-bond acceptors (Lipinski definition) is 3. The number of carbonyl (C=O) groups is 2. The van der Waals surface area contributed by atoms with Gasteiger partial charge in [0.15, 0.2) is 0 Å². The average Bonchev–Trinajstić information content (AvgIpc) is 2.68. The molecule has 2 aliphatic rings. The van der Waals surface area contributed by atoms with Crippen molar-refractivity contribution in [3.05, 3.63) is 0 Å². The number of amides is 2. The van der Waals surface area contributed by atoms with Gasteiger partial charge in [0, 0.05) is 26.1 Å². The molecule has 1 spiro atoms. The van der Waals surface area contributed by atoms with E-state index in [4.69, 9.17) is 4.74 Å². The van der Waals surface area contributed by atoms with Crippen LogP contribution in [0.3, 0.4) is 0 Å². The SMILES string of the molecule is CC(C)COC(=O)N1CCC2(CC1)CNC(=O)C2. The molecule has 2 amide bonds. The molecule has 2 aliphatic heterocycles. The van der Waals surface area contributed by atoms with Gasteiger partial charge in [-0.25, -0.2) is 4.79 Å². The van der Waals surface area contributed by atoms with Crippen LogP contribution in [0.1, 0.15) is 33.1 Å². The van der Waals surface area contributed by atoms with Crippen LogP contribution in [0.25, 0.3) is 0 Å². The van der Waals surface area contributed by atoms with Crippen LogP contribution < -0.4 is 5.32 Å². The summed E-state index contributed by atoms with van der Waals surface area (Å²) in [5.74, 6) is 0.507. The van der Waals surface area contributed by atoms with Crippen LogP contribution in [0.2, 0.25) is 0 Å². The molecule has 0 bridgehead atoms. The quantitative estimate of drug-likeness (QED) is 0.810. The second-order valence-electron chi connectivity index (χ2n) is 5.91. The van der Waals surface area contributed by atoms with Gasteiger partial charge in [0.25, 0.3) is 0 Å². The second kappa shape index (κ2) is 5.16. The average molecular weight is 254 g/mol. The Hall–Kier alpha value is -1.26. The number of hydrogen-bond donors (Lipinski definition) is 1. The lowest BCUT2D eigenvalue weighted by Gasteiger charge is -2.37. The van der Waals surface area contributed by atoms with E-state index < -0.39 is 0 Å². The van der Waals surface area contributed by atoms with Crippen molar-refractivity contribution in [3.8, 4) is 0 Å². The molecule has 2 fully saturated rings. The van der Waals surface area contributed by atoms with Gasteiger partial charge in [0.05, 0.1) is 6.61 Å². The molecular formula is C13H22N2O3. The third-order valence-electron chi connectivity index (χ3n) is 3.82. The van der Waals surface area contributed by atoms with Gasteiger partial charge in [-0.2, -0.15) is 0 Å². The number of nitrogens with zero attached hydrogens (tertiary/aromatic N) is 1. The minimum Gasteiger partial charge on any atom is -0.449 e. The summed E-state index contributed by atoms with van der Waals surface area (Å²) >= 11 is 0. The molecular weight excluding hydrogens is 232 g/mol. The maximum atomic E-state index is 11.8. The van der Waals surface area contributed by atoms with Crippen LogP contribution in [-0.2, 0) is 9.53 Å². The highest BCUT2D eigenvalue weighted by atomic mass is 16.6. The van der Waals surface area contributed by atoms with Crippen molar-refractivity contribution < 1.29 is 14.3 Å². The van der Waals surface area contributed by atoms with Gasteiger partial charge in [-0.3, -0.25) is 4.79 Å². The molecule has 0 aromatic heterocycles. The van der Waals surface area contributed by atoms with E-state index >= 15 is 0 Å². The first kappa shape index (κ1) is 13.2. The van der Waals surface area contributed by atoms with E-state index in [1.807, 2.05) is 13.8 Å². The highest BCUT2D eigenvalue weighted by Gasteiger charge is 2.41. The van der Waals surface area contributed by atoms with Crippen LogP contribution in [0, 0.1) is 11.3 Å². The maximum absolute atomic E-state index is 11.8. The van der Waals surface area contributed by atoms with Crippen molar-refractivity contribution in [2.24, 2.45) is 11.3 Å². The topological polar surface area (TPSA) is 58.6 Å². The maximum Gasteiger partial charge on any atom is 0.409 e. The smallest absolute Gasteiger partial charge is 0.409 e. The highest BCUT2D eigenvalue weighted by molar-refractivity contribution is 5.79. The number of likely N-dealkylation sites (tertiary alicyclic amines) is 1. The second-order valence-corrected chi connectivity index (χ2v) is 5.91. The largest absolute Gasteiger partial charge is 0.449 e. The van der Waals surface area contributed by atoms with Gasteiger partial charge in [0.1, 0.15) is 0 Å². The number of ether oxygens (including phenoxy) is 1. The van der Waals surface area contributed by atoms with E-state index in [1.54, 1.807) is 4.90 Å². The van der Waals surface area contributed by atoms with Gasteiger partial charge in [-0.15, -0.1) is 0 Å². The number of nitrogens with one attached hydrogen (secondary N) is 1. The lowest BCUT2D eigenvalue weighted by atomic mass is 9.78. The standard InChI is InChI=1S/C13H22N2O3/c1-10(2)8-18-12(17)15-5-3-13(4-6-15)7-11(16)14-9-13/h10H,3-9H2,1-2H3,(H,14,16). The molecule has 2 saturated heterocycles. The Bertz CT molecular complexity index is 333. The molecule has 0 unspecified atom stereocenters. The Labute approximate surface area is 108 Å². The molecule has 0 aliphatic carbocycles. The Morgan fingerprint density at radius 2 is 2.11 bits per heavy atom. The molecule has 5 heteroatoms. The highest BCUT2D eigenvalue weighted by Crippen LogP contribution is 2.37. The minimum atomic E-state index is -0.212. The molecule has 2 rings (SSSR count). The zero-order valence-electron chi connectivity index (χ0n) is 11.2. The van der Waals surface area contributed by atoms with Gasteiger partial charge in [-0.05, 0) is 24.2 Å². The lowest BCUT2D eigenvalue weighted by molar-refractivity contribution is -0.119. The van der Waals surface area contributed by atoms with E-state index in [-0.39, 0.29) is 17.4 Å². The predicted octanol–water partition coefficient (Wildman–Crippen LogP) is 1.38. The van der Waals surface area contributed by atoms with Gasteiger partial charge in [-0.1, -0.05) is 13.8 Å². The summed E-state index contributed by atoms with van der Waals surface area (Å²) in [6.45, 7) is 6.68. The fourth-order valence-electron chi connectivity index (χ4n) is 2.60. The molecule has 18 heavy (non-hydrogen) atoms. The van der Waals surface area contributed by atoms with Crippen molar-refractivity contribution >= 4 is 12.0 Å². The first-order valence-electron chi connectivity index (χ1n) is 6.69. The third-order valence-corrected chi connectivity index (χ3v) is 3.82. The fourth-order valence-corrected chi connectivity index (χ4v) is 2.60. The predicted molar refractivity (Wildman–Crippen MR) is 67.1 cm³/mol. The zero-order valence-corrected chi connectivity index (χ0v) is 11.2. The monoisotopic (exact) mass is 254 g/mol. The Morgan fingerprint density at radius 1 is 1.44 bits per heavy atom. The van der Waals surface area contributed by atoms with Crippen LogP contribution >= 0.6 is 0 Å². The summed E-state index contributed by atoms with van der Waals surface area (Å²) in [7, 11) is 0. The van der Waals surface area contributed by atoms with Crippen molar-refractivity contribution in [2.75, 3.05) is 26.2 Å². The Kier molecular flexibility index (Phi) is 3.78. The number of carbonyl (C=O) groups excluding carboxylic acids is 2. The third kappa shape index (κ3) is 2.94. The van der Waals surface area contributed by atoms with Gasteiger partial charge >= 0.3 is 6.09 Å². The molecule has 0 aromatic carbocycles. The molecule has 0 saturated carbocycles. The van der Waals surface area contributed by atoms with Crippen molar-refractivity contribution in [2.45, 2.75) is 33.1 Å². The summed E-state index contributed by atoms with van der Waals surface area (Å²) in [6, 6.07) is 0. The lowest BCUT2D eigenvalue weighted by Crippen LogP contribution is -2.44. The van der Waals surface area contributed by atoms with E-state index in [9.17, 15) is 9.59 Å². The normalized spacial score (nSPS) is 22.4. The van der Waals surface area contributed by atoms with Gasteiger partial charge in [0.2, 0.25) is 5.91 Å². The first-order valence-corrected chi connectivity index (χ1v) is 6.69. The first-order chi connectivity index (χ1) is 8.51. The van der Waals surface area contributed by atoms with Crippen molar-refractivity contribution in [3.63, 3.8) is 0 Å². The Morgan fingerprint density at radius 3 is 2.61 bits per heavy atom. The fraction of sp³-hybridized carbons (Fsp3) is 0.846. The van der Waals surface area contributed by atoms with E-state index in [2.05, 4.69) is 5.32 Å². The molecule has 0 radical (unpaired) electrons. The summed E-state index contributed by atoms with van der Waals surface area (Å²) in [6.07, 6.45) is 2.18. The molecule has 102 valence electrons. The van der Waals surface area contributed by atoms with Gasteiger partial charge < -0.3 is 15.0 Å². The van der Waals surface area contributed by atoms with Crippen molar-refractivity contribution in [1.82, 2.24) is 10.2 Å². The van der Waals surface area contributed by atoms with Crippen LogP contribution in [0.15, 0.2) is 0 Å². The van der Waals surface area contributed by atoms with Crippen LogP contribution in [-0.4, -0.2) is 43.1 Å². The van der Waals surface area contributed by atoms with E-state index in [0.29, 0.717) is 32.0 Å². The van der Waals surface area contributed by atoms with Crippen LogP contribution in [0.5, 0.6) is 0 Å². The van der Waals surface area contributed by atoms with Crippen molar-refractivity contribution in [1.29, 1.82) is 0 Å². The summed E-state index contributed by atoms with van der Waals surface area (Å²) in [5, 5.41) is 2.89. The Balaban J connectivity index is 1.79. The molecule has 5 nitrogen and oxygen atoms in total.